The van der Waals surface area contributed by atoms with Gasteiger partial charge in [-0.25, -0.2) is 4.68 Å². The van der Waals surface area contributed by atoms with Crippen LogP contribution < -0.4 is 11.3 Å². The number of hydrogen-bond acceptors (Lipinski definition) is 2. The van der Waals surface area contributed by atoms with Gasteiger partial charge in [-0.3, -0.25) is 9.48 Å². The third-order valence-electron chi connectivity index (χ3n) is 2.27. The Morgan fingerprint density at radius 2 is 2.00 bits per heavy atom. The summed E-state index contributed by atoms with van der Waals surface area (Å²) in [5.41, 5.74) is 6.85. The van der Waals surface area contributed by atoms with Crippen LogP contribution in [0.5, 0.6) is 0 Å². The highest BCUT2D eigenvalue weighted by Gasteiger charge is 2.17. The Bertz CT molecular complexity index is 347. The molecule has 1 aromatic heterocycles. The number of nitrogens with two attached hydrogens (primary N) is 1. The van der Waals surface area contributed by atoms with Gasteiger partial charge in [-0.2, -0.15) is 0 Å². The van der Waals surface area contributed by atoms with Crippen LogP contribution in [0.25, 0.3) is 0 Å². The quantitative estimate of drug-likeness (QED) is 0.568. The van der Waals surface area contributed by atoms with Gasteiger partial charge in [0.2, 0.25) is 0 Å². The topological polar surface area (TPSA) is 53.0 Å². The van der Waals surface area contributed by atoms with Crippen molar-refractivity contribution in [2.24, 2.45) is 0 Å². The van der Waals surface area contributed by atoms with E-state index in [9.17, 15) is 4.79 Å². The highest BCUT2D eigenvalue weighted by molar-refractivity contribution is 5.40. The van der Waals surface area contributed by atoms with E-state index in [4.69, 9.17) is 5.73 Å². The zero-order valence-electron chi connectivity index (χ0n) is 6.50. The number of aromatic nitrogens is 2. The summed E-state index contributed by atoms with van der Waals surface area (Å²) in [5.74, 6) is 0. The first-order chi connectivity index (χ1) is 5.22. The maximum Gasteiger partial charge on any atom is 0.290 e. The monoisotopic (exact) mass is 153 g/mol. The minimum atomic E-state index is -0.0278. The van der Waals surface area contributed by atoms with E-state index in [-0.39, 0.29) is 5.56 Å². The van der Waals surface area contributed by atoms with E-state index in [2.05, 4.69) is 0 Å². The molecule has 11 heavy (non-hydrogen) atoms. The lowest BCUT2D eigenvalue weighted by Gasteiger charge is -1.99. The van der Waals surface area contributed by atoms with Crippen LogP contribution in [-0.2, 0) is 13.1 Å². The van der Waals surface area contributed by atoms with Crippen molar-refractivity contribution in [3.8, 4) is 0 Å². The molecule has 4 heteroatoms. The van der Waals surface area contributed by atoms with Gasteiger partial charge in [0.15, 0.2) is 0 Å². The fraction of sp³-hybridized carbons (Fsp3) is 0.571. The van der Waals surface area contributed by atoms with Crippen LogP contribution in [0.4, 0.5) is 5.69 Å². The highest BCUT2D eigenvalue weighted by atomic mass is 16.1. The molecule has 2 rings (SSSR count). The van der Waals surface area contributed by atoms with Crippen molar-refractivity contribution in [2.75, 3.05) is 5.73 Å². The molecule has 0 bridgehead atoms. The molecule has 0 atom stereocenters. The summed E-state index contributed by atoms with van der Waals surface area (Å²) < 4.78 is 3.67. The number of hydrogen-bond donors (Lipinski definition) is 1. The Morgan fingerprint density at radius 3 is 2.64 bits per heavy atom. The summed E-state index contributed by atoms with van der Waals surface area (Å²) in [6, 6.07) is 0. The average Bonchev–Trinajstić information content (AvgIpc) is 2.53. The molecular weight excluding hydrogens is 142 g/mol. The van der Waals surface area contributed by atoms with Gasteiger partial charge in [0.05, 0.1) is 5.69 Å². The van der Waals surface area contributed by atoms with E-state index in [1.165, 1.54) is 0 Å². The lowest BCUT2D eigenvalue weighted by Crippen LogP contribution is -2.18. The Kier molecular flexibility index (Phi) is 1.13. The van der Waals surface area contributed by atoms with Gasteiger partial charge < -0.3 is 5.73 Å². The minimum Gasteiger partial charge on any atom is -0.393 e. The van der Waals surface area contributed by atoms with Crippen LogP contribution in [0, 0.1) is 6.92 Å². The van der Waals surface area contributed by atoms with Crippen LogP contribution in [0.3, 0.4) is 0 Å². The number of rotatable bonds is 0. The number of fused-ring (bicyclic) bond motifs is 1. The van der Waals surface area contributed by atoms with Gasteiger partial charge in [0, 0.05) is 13.1 Å². The molecule has 1 aliphatic rings. The van der Waals surface area contributed by atoms with E-state index in [1.54, 1.807) is 4.68 Å². The number of nitrogens with zero attached hydrogens (tertiary/aromatic N) is 2. The second-order valence-corrected chi connectivity index (χ2v) is 2.90. The minimum absolute atomic E-state index is 0.0278. The Balaban J connectivity index is 2.78. The lowest BCUT2D eigenvalue weighted by molar-refractivity contribution is 0.582. The third-order valence-corrected chi connectivity index (χ3v) is 2.27. The Hall–Kier alpha value is -1.19. The van der Waals surface area contributed by atoms with E-state index in [0.717, 1.165) is 25.2 Å². The first-order valence-electron chi connectivity index (χ1n) is 3.77. The van der Waals surface area contributed by atoms with Crippen LogP contribution in [0.2, 0.25) is 0 Å². The molecule has 2 heterocycles. The molecular formula is C7H11N3O. The molecule has 0 fully saturated rings. The molecule has 0 radical (unpaired) electrons. The van der Waals surface area contributed by atoms with Crippen LogP contribution in [-0.4, -0.2) is 9.36 Å². The molecule has 60 valence electrons. The summed E-state index contributed by atoms with van der Waals surface area (Å²) in [6.45, 7) is 3.63. The van der Waals surface area contributed by atoms with E-state index in [0.29, 0.717) is 5.69 Å². The van der Waals surface area contributed by atoms with Crippen molar-refractivity contribution >= 4 is 5.69 Å². The van der Waals surface area contributed by atoms with Gasteiger partial charge >= 0.3 is 0 Å². The molecule has 0 saturated heterocycles. The van der Waals surface area contributed by atoms with Gasteiger partial charge in [-0.1, -0.05) is 0 Å². The molecule has 0 spiro atoms. The second kappa shape index (κ2) is 1.90. The third kappa shape index (κ3) is 0.664. The molecule has 0 aromatic carbocycles. The first kappa shape index (κ1) is 6.52. The molecule has 1 aromatic rings. The van der Waals surface area contributed by atoms with Crippen molar-refractivity contribution < 1.29 is 0 Å². The van der Waals surface area contributed by atoms with E-state index < -0.39 is 0 Å². The zero-order chi connectivity index (χ0) is 8.01. The number of anilines is 1. The van der Waals surface area contributed by atoms with Gasteiger partial charge in [-0.05, 0) is 13.3 Å². The summed E-state index contributed by atoms with van der Waals surface area (Å²) >= 11 is 0. The van der Waals surface area contributed by atoms with Crippen molar-refractivity contribution in [2.45, 2.75) is 26.4 Å². The molecule has 4 nitrogen and oxygen atoms in total. The molecule has 0 aliphatic carbocycles. The summed E-state index contributed by atoms with van der Waals surface area (Å²) in [7, 11) is 0. The predicted octanol–water partition coefficient (Wildman–Crippen LogP) is -0.0559. The average molecular weight is 153 g/mol. The van der Waals surface area contributed by atoms with Crippen LogP contribution in [0.1, 0.15) is 12.1 Å². The van der Waals surface area contributed by atoms with Gasteiger partial charge in [0.25, 0.3) is 5.56 Å². The Morgan fingerprint density at radius 1 is 1.36 bits per heavy atom. The van der Waals surface area contributed by atoms with Crippen molar-refractivity contribution in [3.05, 3.63) is 16.0 Å². The van der Waals surface area contributed by atoms with E-state index >= 15 is 0 Å². The Labute approximate surface area is 64.2 Å². The van der Waals surface area contributed by atoms with Crippen LogP contribution >= 0.6 is 0 Å². The normalized spacial score (nSPS) is 15.4. The van der Waals surface area contributed by atoms with Crippen molar-refractivity contribution in [3.63, 3.8) is 0 Å². The second-order valence-electron chi connectivity index (χ2n) is 2.90. The van der Waals surface area contributed by atoms with Crippen LogP contribution in [0.15, 0.2) is 4.79 Å². The lowest BCUT2D eigenvalue weighted by atomic mass is 10.4. The molecule has 2 N–H and O–H groups in total. The molecule has 0 amide bonds. The summed E-state index contributed by atoms with van der Waals surface area (Å²) in [5, 5.41) is 0. The molecule has 0 saturated carbocycles. The smallest absolute Gasteiger partial charge is 0.290 e. The fourth-order valence-electron chi connectivity index (χ4n) is 1.60. The molecule has 1 aliphatic heterocycles. The number of nitrogen functional groups attached to an aromatic ring is 1. The highest BCUT2D eigenvalue weighted by Crippen LogP contribution is 2.12. The fourth-order valence-corrected chi connectivity index (χ4v) is 1.60. The standard InChI is InChI=1S/C7H11N3O/c1-5-6(8)7(11)10-4-2-3-9(5)10/h2-4,8H2,1H3. The summed E-state index contributed by atoms with van der Waals surface area (Å²) in [6.07, 6.45) is 1.05. The predicted molar refractivity (Wildman–Crippen MR) is 42.5 cm³/mol. The maximum absolute atomic E-state index is 11.3. The van der Waals surface area contributed by atoms with E-state index in [1.807, 2.05) is 11.6 Å². The SMILES string of the molecule is Cc1c(N)c(=O)n2n1CCC2. The first-order valence-corrected chi connectivity index (χ1v) is 3.77. The maximum atomic E-state index is 11.3. The molecule has 0 unspecified atom stereocenters. The zero-order valence-corrected chi connectivity index (χ0v) is 6.50. The van der Waals surface area contributed by atoms with Crippen molar-refractivity contribution in [1.82, 2.24) is 9.36 Å². The van der Waals surface area contributed by atoms with Gasteiger partial charge in [0.1, 0.15) is 5.69 Å². The largest absolute Gasteiger partial charge is 0.393 e. The van der Waals surface area contributed by atoms with Gasteiger partial charge in [-0.15, -0.1) is 0 Å². The summed E-state index contributed by atoms with van der Waals surface area (Å²) in [4.78, 5) is 11.3. The van der Waals surface area contributed by atoms with Crippen molar-refractivity contribution in [1.29, 1.82) is 0 Å².